The van der Waals surface area contributed by atoms with Crippen molar-refractivity contribution in [2.45, 2.75) is 84.6 Å². The van der Waals surface area contributed by atoms with Crippen LogP contribution in [0.5, 0.6) is 0 Å². The van der Waals surface area contributed by atoms with Gasteiger partial charge in [0.1, 0.15) is 5.65 Å². The lowest BCUT2D eigenvalue weighted by Gasteiger charge is -2.39. The van der Waals surface area contributed by atoms with Gasteiger partial charge >= 0.3 is 5.97 Å². The summed E-state index contributed by atoms with van der Waals surface area (Å²) < 4.78 is 7.99. The summed E-state index contributed by atoms with van der Waals surface area (Å²) in [5.41, 5.74) is 7.32. The van der Waals surface area contributed by atoms with Crippen LogP contribution in [0.15, 0.2) is 48.5 Å². The van der Waals surface area contributed by atoms with Gasteiger partial charge in [0.2, 0.25) is 5.91 Å². The molecule has 8 nitrogen and oxygen atoms in total. The number of fused-ring (bicyclic) bond motifs is 3. The average Bonchev–Trinajstić information content (AvgIpc) is 3.40. The number of aryl methyl sites for hydroxylation is 2. The summed E-state index contributed by atoms with van der Waals surface area (Å²) in [6.07, 6.45) is 7.48. The van der Waals surface area contributed by atoms with E-state index in [2.05, 4.69) is 76.7 Å². The second-order valence-electron chi connectivity index (χ2n) is 13.9. The zero-order valence-corrected chi connectivity index (χ0v) is 29.0. The second-order valence-corrected chi connectivity index (χ2v) is 13.9. The van der Waals surface area contributed by atoms with Crippen molar-refractivity contribution in [3.05, 3.63) is 76.5 Å². The van der Waals surface area contributed by atoms with Crippen LogP contribution in [0, 0.1) is 19.8 Å². The number of nitrogens with zero attached hydrogens (tertiary/aromatic N) is 4. The van der Waals surface area contributed by atoms with E-state index in [1.165, 1.54) is 25.7 Å². The van der Waals surface area contributed by atoms with Crippen LogP contribution in [0.4, 0.5) is 0 Å². The Kier molecular flexibility index (Phi) is 11.1. The number of unbranched alkanes of at least 4 members (excludes halogenated alkanes) is 3. The molecule has 0 bridgehead atoms. The SMILES string of the molecule is CCCCCCN1CCN(C(=O)C(c2ccc(Cn3c4ccccc4c4c(C)c(CCC(=O)O)c(C)nc43)cc2)C2CCOCC2)CC1. The quantitative estimate of drug-likeness (QED) is 0.155. The van der Waals surface area contributed by atoms with Crippen LogP contribution in [-0.4, -0.2) is 82.3 Å². The molecule has 2 aromatic carbocycles. The Labute approximate surface area is 285 Å². The van der Waals surface area contributed by atoms with E-state index in [-0.39, 0.29) is 24.2 Å². The maximum atomic E-state index is 14.2. The van der Waals surface area contributed by atoms with Crippen LogP contribution < -0.4 is 0 Å². The number of aliphatic carboxylic acids is 1. The number of piperazine rings is 1. The van der Waals surface area contributed by atoms with Crippen molar-refractivity contribution in [1.29, 1.82) is 0 Å². The molecule has 1 amide bonds. The fourth-order valence-corrected chi connectivity index (χ4v) is 8.01. The molecule has 2 fully saturated rings. The first-order valence-electron chi connectivity index (χ1n) is 18.1. The zero-order valence-electron chi connectivity index (χ0n) is 29.0. The maximum absolute atomic E-state index is 14.2. The topological polar surface area (TPSA) is 87.9 Å². The van der Waals surface area contributed by atoms with Gasteiger partial charge in [-0.1, -0.05) is 68.7 Å². The predicted octanol–water partition coefficient (Wildman–Crippen LogP) is 7.11. The largest absolute Gasteiger partial charge is 0.481 e. The molecule has 256 valence electrons. The summed E-state index contributed by atoms with van der Waals surface area (Å²) in [5.74, 6) is -0.386. The lowest BCUT2D eigenvalue weighted by molar-refractivity contribution is -0.137. The molecule has 0 spiro atoms. The number of para-hydroxylation sites is 1. The molecule has 4 heterocycles. The molecular formula is C40H52N4O4. The van der Waals surface area contributed by atoms with E-state index >= 15 is 0 Å². The number of amides is 1. The summed E-state index contributed by atoms with van der Waals surface area (Å²) in [5, 5.41) is 11.6. The number of carbonyl (C=O) groups excluding carboxylic acids is 1. The van der Waals surface area contributed by atoms with Crippen LogP contribution in [0.3, 0.4) is 0 Å². The van der Waals surface area contributed by atoms with E-state index in [1.807, 2.05) is 6.92 Å². The highest BCUT2D eigenvalue weighted by Gasteiger charge is 2.35. The van der Waals surface area contributed by atoms with Crippen molar-refractivity contribution in [1.82, 2.24) is 19.4 Å². The van der Waals surface area contributed by atoms with Gasteiger partial charge in [0.25, 0.3) is 0 Å². The van der Waals surface area contributed by atoms with Crippen LogP contribution >= 0.6 is 0 Å². The normalized spacial score (nSPS) is 16.9. The monoisotopic (exact) mass is 652 g/mol. The third kappa shape index (κ3) is 7.45. The van der Waals surface area contributed by atoms with E-state index in [0.29, 0.717) is 13.0 Å². The van der Waals surface area contributed by atoms with E-state index in [9.17, 15) is 14.7 Å². The molecule has 0 aliphatic carbocycles. The van der Waals surface area contributed by atoms with Crippen LogP contribution in [0.2, 0.25) is 0 Å². The molecule has 1 unspecified atom stereocenters. The van der Waals surface area contributed by atoms with Gasteiger partial charge in [-0.2, -0.15) is 0 Å². The molecule has 2 saturated heterocycles. The van der Waals surface area contributed by atoms with Crippen molar-refractivity contribution < 1.29 is 19.4 Å². The van der Waals surface area contributed by atoms with Crippen molar-refractivity contribution >= 4 is 33.8 Å². The zero-order chi connectivity index (χ0) is 33.6. The Morgan fingerprint density at radius 2 is 1.69 bits per heavy atom. The van der Waals surface area contributed by atoms with E-state index < -0.39 is 5.97 Å². The number of carbonyl (C=O) groups is 2. The van der Waals surface area contributed by atoms with Gasteiger partial charge in [0.15, 0.2) is 0 Å². The highest BCUT2D eigenvalue weighted by atomic mass is 16.5. The predicted molar refractivity (Wildman–Crippen MR) is 192 cm³/mol. The number of benzene rings is 2. The molecule has 2 aliphatic heterocycles. The molecule has 48 heavy (non-hydrogen) atoms. The Bertz CT molecular complexity index is 1720. The maximum Gasteiger partial charge on any atom is 0.303 e. The first-order valence-corrected chi connectivity index (χ1v) is 18.1. The number of hydrogen-bond acceptors (Lipinski definition) is 5. The lowest BCUT2D eigenvalue weighted by atomic mass is 9.80. The third-order valence-corrected chi connectivity index (χ3v) is 10.8. The van der Waals surface area contributed by atoms with Gasteiger partial charge in [-0.15, -0.1) is 0 Å². The Hall–Kier alpha value is -3.75. The lowest BCUT2D eigenvalue weighted by Crippen LogP contribution is -2.51. The highest BCUT2D eigenvalue weighted by Crippen LogP contribution is 2.36. The Morgan fingerprint density at radius 3 is 2.40 bits per heavy atom. The molecule has 1 atom stereocenters. The molecule has 2 aromatic heterocycles. The number of carboxylic acid groups (broad SMARTS) is 1. The van der Waals surface area contributed by atoms with Crippen LogP contribution in [0.25, 0.3) is 21.9 Å². The average molecular weight is 653 g/mol. The summed E-state index contributed by atoms with van der Waals surface area (Å²) in [6, 6.07) is 17.1. The fourth-order valence-electron chi connectivity index (χ4n) is 8.01. The Morgan fingerprint density at radius 1 is 0.958 bits per heavy atom. The van der Waals surface area contributed by atoms with Gasteiger partial charge in [0, 0.05) is 68.8 Å². The van der Waals surface area contributed by atoms with Crippen LogP contribution in [0.1, 0.15) is 85.7 Å². The van der Waals surface area contributed by atoms with Gasteiger partial charge < -0.3 is 19.3 Å². The van der Waals surface area contributed by atoms with Crippen LogP contribution in [-0.2, 0) is 27.3 Å². The number of ether oxygens (including phenoxy) is 1. The molecule has 2 aliphatic rings. The molecule has 0 saturated carbocycles. The third-order valence-electron chi connectivity index (χ3n) is 10.8. The molecule has 8 heteroatoms. The van der Waals surface area contributed by atoms with Crippen molar-refractivity contribution in [3.63, 3.8) is 0 Å². The number of aromatic nitrogens is 2. The summed E-state index contributed by atoms with van der Waals surface area (Å²) >= 11 is 0. The Balaban J connectivity index is 1.24. The standard InChI is InChI=1S/C40H52N4O4/c1-4-5-6-9-20-42-21-23-43(24-22-42)40(47)38(32-18-25-48-26-19-32)31-14-12-30(13-15-31)27-44-35-11-8-7-10-34(35)37-28(2)33(16-17-36(45)46)29(3)41-39(37)44/h7-8,10-15,32,38H,4-6,9,16-27H2,1-3H3,(H,45,46). The minimum atomic E-state index is -0.795. The van der Waals surface area contributed by atoms with Crippen molar-refractivity contribution in [3.8, 4) is 0 Å². The number of pyridine rings is 1. The summed E-state index contributed by atoms with van der Waals surface area (Å²) in [6.45, 7) is 13.1. The van der Waals surface area contributed by atoms with E-state index in [1.54, 1.807) is 0 Å². The highest BCUT2D eigenvalue weighted by molar-refractivity contribution is 6.08. The van der Waals surface area contributed by atoms with Gasteiger partial charge in [0.05, 0.1) is 11.4 Å². The minimum Gasteiger partial charge on any atom is -0.481 e. The first-order chi connectivity index (χ1) is 23.4. The van der Waals surface area contributed by atoms with Crippen molar-refractivity contribution in [2.75, 3.05) is 45.9 Å². The summed E-state index contributed by atoms with van der Waals surface area (Å²) in [4.78, 5) is 35.3. The molecule has 0 radical (unpaired) electrons. The number of rotatable bonds is 13. The second kappa shape index (κ2) is 15.6. The molecule has 1 N–H and O–H groups in total. The molecule has 4 aromatic rings. The molecular weight excluding hydrogens is 600 g/mol. The molecule has 6 rings (SSSR count). The minimum absolute atomic E-state index is 0.0898. The van der Waals surface area contributed by atoms with E-state index in [4.69, 9.17) is 9.72 Å². The van der Waals surface area contributed by atoms with Gasteiger partial charge in [-0.05, 0) is 80.3 Å². The summed E-state index contributed by atoms with van der Waals surface area (Å²) in [7, 11) is 0. The smallest absolute Gasteiger partial charge is 0.303 e. The number of carboxylic acids is 1. The van der Waals surface area contributed by atoms with Crippen molar-refractivity contribution in [2.24, 2.45) is 5.92 Å². The van der Waals surface area contributed by atoms with Gasteiger partial charge in [-0.3, -0.25) is 14.5 Å². The first kappa shape index (κ1) is 34.1. The van der Waals surface area contributed by atoms with Gasteiger partial charge in [-0.25, -0.2) is 4.98 Å². The fraction of sp³-hybridized carbons (Fsp3) is 0.525. The number of hydrogen-bond donors (Lipinski definition) is 1. The van der Waals surface area contributed by atoms with E-state index in [0.717, 1.165) is 109 Å².